The Kier molecular flexibility index (Phi) is 4.98. The first-order chi connectivity index (χ1) is 11.6. The van der Waals surface area contributed by atoms with E-state index in [0.717, 1.165) is 29.2 Å². The largest absolute Gasteiger partial charge is 0.274 e. The SMILES string of the molecule is CCCCCCCCN1C(=O)c2cccc3c(C)ccc(c23)C1=O. The second-order valence-electron chi connectivity index (χ2n) is 6.69. The molecule has 0 aliphatic carbocycles. The maximum absolute atomic E-state index is 12.8. The minimum Gasteiger partial charge on any atom is -0.274 e. The molecule has 0 N–H and O–H groups in total. The van der Waals surface area contributed by atoms with Crippen molar-refractivity contribution in [1.82, 2.24) is 4.90 Å². The van der Waals surface area contributed by atoms with Crippen LogP contribution in [0.3, 0.4) is 0 Å². The lowest BCUT2D eigenvalue weighted by Crippen LogP contribution is -2.40. The number of imide groups is 1. The molecule has 0 spiro atoms. The Morgan fingerprint density at radius 1 is 0.833 bits per heavy atom. The van der Waals surface area contributed by atoms with Gasteiger partial charge in [-0.1, -0.05) is 57.2 Å². The highest BCUT2D eigenvalue weighted by molar-refractivity contribution is 6.25. The molecule has 0 saturated carbocycles. The van der Waals surface area contributed by atoms with Crippen molar-refractivity contribution in [2.75, 3.05) is 6.54 Å². The first-order valence-corrected chi connectivity index (χ1v) is 9.03. The van der Waals surface area contributed by atoms with E-state index in [-0.39, 0.29) is 11.8 Å². The summed E-state index contributed by atoms with van der Waals surface area (Å²) in [6.07, 6.45) is 6.86. The fraction of sp³-hybridized carbons (Fsp3) is 0.429. The van der Waals surface area contributed by atoms with E-state index in [1.165, 1.54) is 30.6 Å². The van der Waals surface area contributed by atoms with Crippen LogP contribution in [0, 0.1) is 6.92 Å². The van der Waals surface area contributed by atoms with Crippen LogP contribution in [0.25, 0.3) is 10.8 Å². The second-order valence-corrected chi connectivity index (χ2v) is 6.69. The fourth-order valence-corrected chi connectivity index (χ4v) is 3.55. The second kappa shape index (κ2) is 7.16. The minimum absolute atomic E-state index is 0.141. The lowest BCUT2D eigenvalue weighted by Gasteiger charge is -2.27. The maximum atomic E-state index is 12.8. The van der Waals surface area contributed by atoms with Crippen LogP contribution in [0.1, 0.15) is 71.7 Å². The minimum atomic E-state index is -0.141. The Hall–Kier alpha value is -2.16. The van der Waals surface area contributed by atoms with Gasteiger partial charge in [0.05, 0.1) is 0 Å². The van der Waals surface area contributed by atoms with Gasteiger partial charge in [0.15, 0.2) is 0 Å². The molecule has 1 heterocycles. The van der Waals surface area contributed by atoms with Crippen molar-refractivity contribution in [2.45, 2.75) is 52.4 Å². The van der Waals surface area contributed by atoms with Crippen molar-refractivity contribution in [3.63, 3.8) is 0 Å². The first-order valence-electron chi connectivity index (χ1n) is 9.03. The molecule has 1 aliphatic heterocycles. The van der Waals surface area contributed by atoms with Gasteiger partial charge in [-0.15, -0.1) is 0 Å². The maximum Gasteiger partial charge on any atom is 0.261 e. The smallest absolute Gasteiger partial charge is 0.261 e. The average Bonchev–Trinajstić information content (AvgIpc) is 2.59. The van der Waals surface area contributed by atoms with E-state index in [2.05, 4.69) is 6.92 Å². The van der Waals surface area contributed by atoms with E-state index < -0.39 is 0 Å². The van der Waals surface area contributed by atoms with E-state index in [0.29, 0.717) is 17.7 Å². The summed E-state index contributed by atoms with van der Waals surface area (Å²) >= 11 is 0. The lowest BCUT2D eigenvalue weighted by molar-refractivity contribution is 0.0608. The molecule has 2 aromatic rings. The van der Waals surface area contributed by atoms with Gasteiger partial charge in [0, 0.05) is 23.1 Å². The van der Waals surface area contributed by atoms with Crippen LogP contribution in [-0.2, 0) is 0 Å². The average molecular weight is 323 g/mol. The van der Waals surface area contributed by atoms with Crippen molar-refractivity contribution in [2.24, 2.45) is 0 Å². The number of aryl methyl sites for hydroxylation is 1. The molecule has 3 nitrogen and oxygen atoms in total. The normalized spacial score (nSPS) is 13.8. The van der Waals surface area contributed by atoms with Crippen LogP contribution < -0.4 is 0 Å². The van der Waals surface area contributed by atoms with Crippen LogP contribution in [-0.4, -0.2) is 23.3 Å². The molecule has 0 atom stereocenters. The molecular formula is C21H25NO2. The molecule has 0 saturated heterocycles. The van der Waals surface area contributed by atoms with Gasteiger partial charge >= 0.3 is 0 Å². The molecule has 0 radical (unpaired) electrons. The first kappa shape index (κ1) is 16.7. The topological polar surface area (TPSA) is 37.4 Å². The van der Waals surface area contributed by atoms with Crippen LogP contribution in [0.15, 0.2) is 30.3 Å². The summed E-state index contributed by atoms with van der Waals surface area (Å²) in [6.45, 7) is 4.73. The number of carbonyl (C=O) groups excluding carboxylic acids is 2. The Bertz CT molecular complexity index is 756. The molecule has 3 rings (SSSR count). The van der Waals surface area contributed by atoms with Crippen molar-refractivity contribution < 1.29 is 9.59 Å². The van der Waals surface area contributed by atoms with E-state index >= 15 is 0 Å². The zero-order valence-corrected chi connectivity index (χ0v) is 14.6. The molecule has 0 aromatic heterocycles. The number of unbranched alkanes of at least 4 members (excludes halogenated alkanes) is 5. The standard InChI is InChI=1S/C21H25NO2/c1-3-4-5-6-7-8-14-22-20(23)17-11-9-10-16-15(2)12-13-18(19(16)17)21(22)24/h9-13H,3-8,14H2,1-2H3. The fourth-order valence-electron chi connectivity index (χ4n) is 3.55. The predicted molar refractivity (Wildman–Crippen MR) is 97.4 cm³/mol. The summed E-state index contributed by atoms with van der Waals surface area (Å²) in [7, 11) is 0. The van der Waals surface area contributed by atoms with Gasteiger partial charge in [-0.2, -0.15) is 0 Å². The summed E-state index contributed by atoms with van der Waals surface area (Å²) < 4.78 is 0. The molecule has 1 aliphatic rings. The van der Waals surface area contributed by atoms with Gasteiger partial charge in [0.25, 0.3) is 11.8 Å². The van der Waals surface area contributed by atoms with Gasteiger partial charge in [-0.25, -0.2) is 0 Å². The number of amides is 2. The number of hydrogen-bond acceptors (Lipinski definition) is 2. The molecular weight excluding hydrogens is 298 g/mol. The molecule has 126 valence electrons. The zero-order chi connectivity index (χ0) is 17.1. The number of rotatable bonds is 7. The lowest BCUT2D eigenvalue weighted by atomic mass is 9.91. The highest BCUT2D eigenvalue weighted by Crippen LogP contribution is 2.32. The summed E-state index contributed by atoms with van der Waals surface area (Å²) in [5, 5.41) is 1.83. The number of nitrogens with zero attached hydrogens (tertiary/aromatic N) is 1. The molecule has 0 fully saturated rings. The van der Waals surface area contributed by atoms with E-state index in [4.69, 9.17) is 0 Å². The Labute approximate surface area is 143 Å². The zero-order valence-electron chi connectivity index (χ0n) is 14.6. The Morgan fingerprint density at radius 3 is 2.25 bits per heavy atom. The Balaban J connectivity index is 1.80. The van der Waals surface area contributed by atoms with E-state index in [1.807, 2.05) is 37.3 Å². The quantitative estimate of drug-likeness (QED) is 0.525. The molecule has 3 heteroatoms. The molecule has 0 bridgehead atoms. The van der Waals surface area contributed by atoms with Crippen LogP contribution >= 0.6 is 0 Å². The van der Waals surface area contributed by atoms with Crippen LogP contribution in [0.5, 0.6) is 0 Å². The van der Waals surface area contributed by atoms with Crippen molar-refractivity contribution in [3.05, 3.63) is 47.0 Å². The summed E-state index contributed by atoms with van der Waals surface area (Å²) in [6, 6.07) is 9.57. The number of benzene rings is 2. The number of carbonyl (C=O) groups is 2. The predicted octanol–water partition coefficient (Wildman–Crippen LogP) is 5.10. The van der Waals surface area contributed by atoms with Gasteiger partial charge < -0.3 is 0 Å². The third-order valence-corrected chi connectivity index (χ3v) is 4.95. The van der Waals surface area contributed by atoms with Crippen molar-refractivity contribution in [1.29, 1.82) is 0 Å². The van der Waals surface area contributed by atoms with Crippen LogP contribution in [0.2, 0.25) is 0 Å². The van der Waals surface area contributed by atoms with Crippen molar-refractivity contribution in [3.8, 4) is 0 Å². The molecule has 24 heavy (non-hydrogen) atoms. The van der Waals surface area contributed by atoms with Crippen molar-refractivity contribution >= 4 is 22.6 Å². The van der Waals surface area contributed by atoms with Gasteiger partial charge in [0.1, 0.15) is 0 Å². The summed E-state index contributed by atoms with van der Waals surface area (Å²) in [5.74, 6) is -0.283. The Morgan fingerprint density at radius 2 is 1.50 bits per heavy atom. The number of hydrogen-bond donors (Lipinski definition) is 0. The molecule has 0 unspecified atom stereocenters. The van der Waals surface area contributed by atoms with Crippen LogP contribution in [0.4, 0.5) is 0 Å². The van der Waals surface area contributed by atoms with E-state index in [9.17, 15) is 9.59 Å². The highest BCUT2D eigenvalue weighted by Gasteiger charge is 2.32. The monoisotopic (exact) mass is 323 g/mol. The summed E-state index contributed by atoms with van der Waals surface area (Å²) in [5.41, 5.74) is 2.43. The highest BCUT2D eigenvalue weighted by atomic mass is 16.2. The van der Waals surface area contributed by atoms with Gasteiger partial charge in [-0.05, 0) is 36.4 Å². The third kappa shape index (κ3) is 2.95. The molecule has 2 aromatic carbocycles. The third-order valence-electron chi connectivity index (χ3n) is 4.95. The van der Waals surface area contributed by atoms with Gasteiger partial charge in [0.2, 0.25) is 0 Å². The van der Waals surface area contributed by atoms with Gasteiger partial charge in [-0.3, -0.25) is 14.5 Å². The summed E-state index contributed by atoms with van der Waals surface area (Å²) in [4.78, 5) is 27.0. The van der Waals surface area contributed by atoms with E-state index in [1.54, 1.807) is 0 Å². The molecule has 2 amide bonds.